The van der Waals surface area contributed by atoms with Gasteiger partial charge >= 0.3 is 18.3 Å². The molecular weight excluding hydrogens is 754 g/mol. The molecule has 3 heterocycles. The summed E-state index contributed by atoms with van der Waals surface area (Å²) in [7, 11) is 0. The first-order chi connectivity index (χ1) is 26.3. The van der Waals surface area contributed by atoms with Crippen molar-refractivity contribution < 1.29 is 54.6 Å². The van der Waals surface area contributed by atoms with Gasteiger partial charge in [-0.3, -0.25) is 9.69 Å². The first-order valence-electron chi connectivity index (χ1n) is 19.3. The van der Waals surface area contributed by atoms with Crippen molar-refractivity contribution in [1.82, 2.24) is 24.8 Å². The van der Waals surface area contributed by atoms with Crippen LogP contribution in [0.5, 0.6) is 5.75 Å². The largest absolute Gasteiger partial charge is 0.490 e. The maximum Gasteiger partial charge on any atom is 0.434 e. The second-order valence-corrected chi connectivity index (χ2v) is 16.7. The Bertz CT molecular complexity index is 1970. The van der Waals surface area contributed by atoms with Gasteiger partial charge in [-0.1, -0.05) is 0 Å². The van der Waals surface area contributed by atoms with E-state index in [4.69, 9.17) is 4.74 Å². The fourth-order valence-corrected chi connectivity index (χ4v) is 10.6. The molecule has 2 N–H and O–H groups in total. The second kappa shape index (κ2) is 13.8. The molecule has 17 heteroatoms. The summed E-state index contributed by atoms with van der Waals surface area (Å²) in [5.41, 5.74) is -3.53. The van der Waals surface area contributed by atoms with Crippen LogP contribution < -0.4 is 10.1 Å². The number of carboxylic acids is 1. The van der Waals surface area contributed by atoms with E-state index < -0.39 is 89.8 Å². The van der Waals surface area contributed by atoms with E-state index in [1.807, 2.05) is 0 Å². The molecule has 0 radical (unpaired) electrons. The summed E-state index contributed by atoms with van der Waals surface area (Å²) < 4.78 is 120. The predicted octanol–water partition coefficient (Wildman–Crippen LogP) is 8.67. The van der Waals surface area contributed by atoms with Crippen LogP contribution in [0.2, 0.25) is 0 Å². The highest BCUT2D eigenvalue weighted by Crippen LogP contribution is 2.58. The molecule has 2 aromatic heterocycles. The van der Waals surface area contributed by atoms with E-state index >= 15 is 0 Å². The summed E-state index contributed by atoms with van der Waals surface area (Å²) in [5.74, 6) is -5.49. The van der Waals surface area contributed by atoms with Gasteiger partial charge in [-0.2, -0.15) is 26.3 Å². The Morgan fingerprint density at radius 1 is 0.946 bits per heavy atom. The van der Waals surface area contributed by atoms with Gasteiger partial charge in [-0.15, -0.1) is 0 Å². The third-order valence-corrected chi connectivity index (χ3v) is 13.3. The summed E-state index contributed by atoms with van der Waals surface area (Å²) in [6.45, 7) is 1.44. The van der Waals surface area contributed by atoms with Crippen molar-refractivity contribution in [3.8, 4) is 17.1 Å². The van der Waals surface area contributed by atoms with Crippen LogP contribution in [0.4, 0.5) is 35.1 Å². The average Bonchev–Trinajstić information content (AvgIpc) is 3.50. The van der Waals surface area contributed by atoms with E-state index in [1.165, 1.54) is 11.1 Å². The third-order valence-electron chi connectivity index (χ3n) is 13.3. The third kappa shape index (κ3) is 6.99. The Balaban J connectivity index is 1.11. The van der Waals surface area contributed by atoms with Gasteiger partial charge in [-0.25, -0.2) is 23.5 Å². The molecule has 1 saturated heterocycles. The van der Waals surface area contributed by atoms with Gasteiger partial charge in [0.25, 0.3) is 5.91 Å². The molecule has 56 heavy (non-hydrogen) atoms. The number of carbonyl (C=O) groups excluding carboxylic acids is 1. The fraction of sp³-hybridized carbons (Fsp3) is 0.641. The number of aromatic nitrogens is 3. The Morgan fingerprint density at radius 3 is 2.14 bits per heavy atom. The molecule has 304 valence electrons. The smallest absolute Gasteiger partial charge is 0.434 e. The number of rotatable bonds is 8. The van der Waals surface area contributed by atoms with Gasteiger partial charge < -0.3 is 19.7 Å². The lowest BCUT2D eigenvalue weighted by Gasteiger charge is -2.59. The lowest BCUT2D eigenvalue weighted by atomic mass is 9.48. The van der Waals surface area contributed by atoms with Gasteiger partial charge in [0, 0.05) is 61.4 Å². The van der Waals surface area contributed by atoms with Crippen molar-refractivity contribution in [2.24, 2.45) is 23.7 Å². The standard InChI is InChI=1S/C39H43F8N5O4/c1-20(38(42,43)44)51-10-6-26(7-11-51)56-27-2-3-28-30(19-52(31(28)17-27)25-4-8-36(40,41)9-5-25)33-48-18-29(32(49-33)39(45,46)47)34(53)50-37(35(54)55)23-13-21-12-22(15-23)16-24(37)14-21/h2-3,17-26H,4-16H2,1H3,(H,50,53)(H,54,55). The molecule has 1 aliphatic heterocycles. The zero-order chi connectivity index (χ0) is 39.9. The van der Waals surface area contributed by atoms with Crippen molar-refractivity contribution in [2.75, 3.05) is 13.1 Å². The van der Waals surface area contributed by atoms with Crippen molar-refractivity contribution in [2.45, 2.75) is 120 Å². The Kier molecular flexibility index (Phi) is 9.59. The highest BCUT2D eigenvalue weighted by molar-refractivity contribution is 6.00. The molecule has 5 saturated carbocycles. The number of benzene rings is 1. The van der Waals surface area contributed by atoms with Crippen molar-refractivity contribution in [3.63, 3.8) is 0 Å². The zero-order valence-corrected chi connectivity index (χ0v) is 30.6. The quantitative estimate of drug-likeness (QED) is 0.220. The number of alkyl halides is 8. The molecule has 5 aliphatic carbocycles. The maximum atomic E-state index is 14.8. The van der Waals surface area contributed by atoms with Crippen molar-refractivity contribution in [3.05, 3.63) is 41.9 Å². The molecule has 3 aromatic rings. The first-order valence-corrected chi connectivity index (χ1v) is 19.3. The minimum absolute atomic E-state index is 0.0831. The van der Waals surface area contributed by atoms with E-state index in [0.717, 1.165) is 19.5 Å². The summed E-state index contributed by atoms with van der Waals surface area (Å²) in [4.78, 5) is 36.0. The molecule has 1 amide bonds. The van der Waals surface area contributed by atoms with E-state index in [2.05, 4.69) is 15.3 Å². The summed E-state index contributed by atoms with van der Waals surface area (Å²) in [6, 6.07) is 2.76. The van der Waals surface area contributed by atoms with E-state index in [0.29, 0.717) is 67.0 Å². The van der Waals surface area contributed by atoms with Crippen LogP contribution in [-0.4, -0.2) is 79.3 Å². The van der Waals surface area contributed by atoms with E-state index in [1.54, 1.807) is 22.8 Å². The molecule has 6 fully saturated rings. The van der Waals surface area contributed by atoms with Crippen LogP contribution in [-0.2, 0) is 11.0 Å². The number of likely N-dealkylation sites (tertiary alicyclic amines) is 1. The van der Waals surface area contributed by atoms with Crippen LogP contribution in [0.25, 0.3) is 22.3 Å². The number of amides is 1. The lowest BCUT2D eigenvalue weighted by Crippen LogP contribution is -2.70. The summed E-state index contributed by atoms with van der Waals surface area (Å²) >= 11 is 0. The van der Waals surface area contributed by atoms with Gasteiger partial charge in [0.1, 0.15) is 23.4 Å². The summed E-state index contributed by atoms with van der Waals surface area (Å²) in [6.07, 6.45) is -4.27. The van der Waals surface area contributed by atoms with Gasteiger partial charge in [-0.05, 0) is 101 Å². The molecule has 1 unspecified atom stereocenters. The van der Waals surface area contributed by atoms with Crippen LogP contribution >= 0.6 is 0 Å². The van der Waals surface area contributed by atoms with Gasteiger partial charge in [0.2, 0.25) is 5.92 Å². The molecule has 4 bridgehead atoms. The lowest BCUT2D eigenvalue weighted by molar-refractivity contribution is -0.182. The highest BCUT2D eigenvalue weighted by atomic mass is 19.4. The van der Waals surface area contributed by atoms with Crippen LogP contribution in [0.1, 0.15) is 99.6 Å². The number of hydrogen-bond donors (Lipinski definition) is 2. The number of nitrogens with zero attached hydrogens (tertiary/aromatic N) is 4. The number of carboxylic acid groups (broad SMARTS) is 1. The number of ether oxygens (including phenoxy) is 1. The van der Waals surface area contributed by atoms with Crippen LogP contribution in [0, 0.1) is 23.7 Å². The second-order valence-electron chi connectivity index (χ2n) is 16.7. The average molecular weight is 798 g/mol. The molecule has 9 rings (SSSR count). The Hall–Kier alpha value is -4.02. The highest BCUT2D eigenvalue weighted by Gasteiger charge is 2.62. The Labute approximate surface area is 317 Å². The molecule has 6 aliphatic rings. The number of carbonyl (C=O) groups is 2. The fourth-order valence-electron chi connectivity index (χ4n) is 10.6. The minimum atomic E-state index is -5.13. The van der Waals surface area contributed by atoms with Crippen LogP contribution in [0.15, 0.2) is 30.6 Å². The number of halogens is 8. The van der Waals surface area contributed by atoms with Crippen LogP contribution in [0.3, 0.4) is 0 Å². The summed E-state index contributed by atoms with van der Waals surface area (Å²) in [5, 5.41) is 13.4. The minimum Gasteiger partial charge on any atom is -0.490 e. The number of fused-ring (bicyclic) bond motifs is 1. The predicted molar refractivity (Wildman–Crippen MR) is 186 cm³/mol. The normalized spacial score (nSPS) is 29.1. The zero-order valence-electron chi connectivity index (χ0n) is 30.6. The molecule has 1 atom stereocenters. The van der Waals surface area contributed by atoms with Gasteiger partial charge in [0.05, 0.1) is 11.1 Å². The monoisotopic (exact) mass is 797 g/mol. The number of nitrogens with one attached hydrogen (secondary N) is 1. The van der Waals surface area contributed by atoms with Crippen molar-refractivity contribution in [1.29, 1.82) is 0 Å². The number of aliphatic carboxylic acids is 1. The molecule has 0 spiro atoms. The van der Waals surface area contributed by atoms with E-state index in [9.17, 15) is 49.8 Å². The molecule has 9 nitrogen and oxygen atoms in total. The Morgan fingerprint density at radius 2 is 1.57 bits per heavy atom. The SMILES string of the molecule is CC(N1CCC(Oc2ccc3c(-c4ncc(C(=O)NC5(C(=O)O)C6CC7CC(C6)CC5C7)c(C(F)(F)F)n4)cn(C4CCC(F)(F)CC4)c3c2)CC1)C(F)(F)F. The number of piperidine rings is 1. The number of hydrogen-bond acceptors (Lipinski definition) is 6. The van der Waals surface area contributed by atoms with Crippen molar-refractivity contribution >= 4 is 22.8 Å². The van der Waals surface area contributed by atoms with Gasteiger partial charge in [0.15, 0.2) is 11.5 Å². The maximum absolute atomic E-state index is 14.8. The molecule has 1 aromatic carbocycles. The topological polar surface area (TPSA) is 110 Å². The first kappa shape index (κ1) is 38.8. The molecular formula is C39H43F8N5O4. The van der Waals surface area contributed by atoms with E-state index in [-0.39, 0.29) is 37.3 Å².